The van der Waals surface area contributed by atoms with Crippen molar-refractivity contribution >= 4 is 22.8 Å². The van der Waals surface area contributed by atoms with Crippen molar-refractivity contribution in [3.05, 3.63) is 39.7 Å². The van der Waals surface area contributed by atoms with Gasteiger partial charge in [-0.2, -0.15) is 0 Å². The van der Waals surface area contributed by atoms with Crippen LogP contribution in [-0.2, 0) is 16.0 Å². The van der Waals surface area contributed by atoms with Crippen molar-refractivity contribution in [1.82, 2.24) is 5.32 Å². The predicted molar refractivity (Wildman–Crippen MR) is 92.0 cm³/mol. The highest BCUT2D eigenvalue weighted by Gasteiger charge is 2.13. The molecule has 0 unspecified atom stereocenters. The van der Waals surface area contributed by atoms with Gasteiger partial charge in [0.2, 0.25) is 5.91 Å². The van der Waals surface area contributed by atoms with Gasteiger partial charge in [-0.05, 0) is 37.5 Å². The topological polar surface area (TPSA) is 106 Å². The monoisotopic (exact) mass is 347 g/mol. The number of carbonyl (C=O) groups is 2. The van der Waals surface area contributed by atoms with E-state index < -0.39 is 11.6 Å². The molecule has 0 aliphatic carbocycles. The summed E-state index contributed by atoms with van der Waals surface area (Å²) in [5.74, 6) is -0.516. The highest BCUT2D eigenvalue weighted by atomic mass is 16.5. The van der Waals surface area contributed by atoms with Crippen LogP contribution in [0.2, 0.25) is 0 Å². The summed E-state index contributed by atoms with van der Waals surface area (Å²) < 4.78 is 10.5. The minimum atomic E-state index is -0.893. The highest BCUT2D eigenvalue weighted by Crippen LogP contribution is 2.24. The van der Waals surface area contributed by atoms with Crippen LogP contribution < -0.4 is 15.7 Å². The van der Waals surface area contributed by atoms with Crippen molar-refractivity contribution in [2.24, 2.45) is 0 Å². The molecule has 0 spiro atoms. The van der Waals surface area contributed by atoms with E-state index in [0.717, 1.165) is 10.9 Å². The van der Waals surface area contributed by atoms with Gasteiger partial charge < -0.3 is 19.6 Å². The molecular weight excluding hydrogens is 326 g/mol. The number of rotatable bonds is 8. The maximum atomic E-state index is 12.2. The molecule has 0 aliphatic heterocycles. The van der Waals surface area contributed by atoms with E-state index in [0.29, 0.717) is 29.9 Å². The molecule has 25 heavy (non-hydrogen) atoms. The lowest BCUT2D eigenvalue weighted by atomic mass is 10.0. The van der Waals surface area contributed by atoms with Crippen LogP contribution in [0, 0.1) is 6.92 Å². The number of hydrogen-bond donors (Lipinski definition) is 2. The Morgan fingerprint density at radius 3 is 2.72 bits per heavy atom. The first-order chi connectivity index (χ1) is 11.9. The van der Waals surface area contributed by atoms with Crippen LogP contribution in [0.4, 0.5) is 0 Å². The summed E-state index contributed by atoms with van der Waals surface area (Å²) in [6.07, 6.45) is 0.790. The number of carbonyl (C=O) groups excluding carboxylic acids is 1. The second-order valence-electron chi connectivity index (χ2n) is 5.70. The van der Waals surface area contributed by atoms with Crippen LogP contribution in [0.25, 0.3) is 11.0 Å². The molecule has 7 heteroatoms. The molecule has 1 amide bonds. The Hall–Kier alpha value is -2.83. The Morgan fingerprint density at radius 1 is 1.28 bits per heavy atom. The van der Waals surface area contributed by atoms with Gasteiger partial charge in [0.1, 0.15) is 11.3 Å². The van der Waals surface area contributed by atoms with Gasteiger partial charge >= 0.3 is 11.6 Å². The van der Waals surface area contributed by atoms with E-state index >= 15 is 0 Å². The highest BCUT2D eigenvalue weighted by molar-refractivity contribution is 5.82. The smallest absolute Gasteiger partial charge is 0.339 e. The zero-order valence-electron chi connectivity index (χ0n) is 14.3. The van der Waals surface area contributed by atoms with E-state index in [-0.39, 0.29) is 25.2 Å². The van der Waals surface area contributed by atoms with Gasteiger partial charge in [0.25, 0.3) is 0 Å². The Kier molecular flexibility index (Phi) is 6.16. The number of aryl methyl sites for hydroxylation is 1. The molecule has 134 valence electrons. The minimum absolute atomic E-state index is 0.0110. The first-order valence-electron chi connectivity index (χ1n) is 8.01. The Labute approximate surface area is 144 Å². The van der Waals surface area contributed by atoms with Crippen molar-refractivity contribution in [2.75, 3.05) is 13.7 Å². The maximum Gasteiger partial charge on any atom is 0.339 e. The third kappa shape index (κ3) is 4.82. The number of ether oxygens (including phenoxy) is 1. The van der Waals surface area contributed by atoms with Crippen molar-refractivity contribution in [2.45, 2.75) is 32.6 Å². The molecule has 0 atom stereocenters. The van der Waals surface area contributed by atoms with Gasteiger partial charge in [0.05, 0.1) is 7.11 Å². The summed E-state index contributed by atoms with van der Waals surface area (Å²) in [6.45, 7) is 2.13. The molecule has 0 bridgehead atoms. The largest absolute Gasteiger partial charge is 0.497 e. The lowest BCUT2D eigenvalue weighted by Gasteiger charge is -2.09. The summed E-state index contributed by atoms with van der Waals surface area (Å²) >= 11 is 0. The molecular formula is C18H21NO6. The van der Waals surface area contributed by atoms with Gasteiger partial charge in [-0.25, -0.2) is 4.79 Å². The Morgan fingerprint density at radius 2 is 2.04 bits per heavy atom. The number of fused-ring (bicyclic) bond motifs is 1. The number of hydrogen-bond acceptors (Lipinski definition) is 5. The Bertz CT molecular complexity index is 839. The molecule has 0 fully saturated rings. The number of nitrogens with one attached hydrogen (secondary N) is 1. The quantitative estimate of drug-likeness (QED) is 0.559. The van der Waals surface area contributed by atoms with Gasteiger partial charge in [0.15, 0.2) is 0 Å². The molecule has 1 aromatic heterocycles. The van der Waals surface area contributed by atoms with Crippen molar-refractivity contribution in [3.8, 4) is 5.75 Å². The van der Waals surface area contributed by atoms with E-state index in [4.69, 9.17) is 14.3 Å². The predicted octanol–water partition coefficient (Wildman–Crippen LogP) is 2.02. The van der Waals surface area contributed by atoms with Crippen LogP contribution in [0.5, 0.6) is 5.75 Å². The normalized spacial score (nSPS) is 10.6. The van der Waals surface area contributed by atoms with E-state index in [1.807, 2.05) is 13.0 Å². The lowest BCUT2D eigenvalue weighted by molar-refractivity contribution is -0.137. The molecule has 1 aromatic carbocycles. The maximum absolute atomic E-state index is 12.2. The number of carboxylic acids is 1. The van der Waals surface area contributed by atoms with Crippen molar-refractivity contribution in [3.63, 3.8) is 0 Å². The minimum Gasteiger partial charge on any atom is -0.497 e. The molecule has 0 radical (unpaired) electrons. The van der Waals surface area contributed by atoms with E-state index in [2.05, 4.69) is 5.32 Å². The van der Waals surface area contributed by atoms with Crippen LogP contribution in [0.1, 0.15) is 30.4 Å². The fourth-order valence-corrected chi connectivity index (χ4v) is 2.58. The number of methoxy groups -OCH3 is 1. The van der Waals surface area contributed by atoms with E-state index in [1.165, 1.54) is 7.11 Å². The first-order valence-corrected chi connectivity index (χ1v) is 8.01. The summed E-state index contributed by atoms with van der Waals surface area (Å²) in [5.41, 5.74) is 1.24. The van der Waals surface area contributed by atoms with E-state index in [1.54, 1.807) is 12.1 Å². The third-order valence-corrected chi connectivity index (χ3v) is 3.99. The second kappa shape index (κ2) is 8.32. The van der Waals surface area contributed by atoms with E-state index in [9.17, 15) is 14.4 Å². The fourth-order valence-electron chi connectivity index (χ4n) is 2.58. The summed E-state index contributed by atoms with van der Waals surface area (Å²) in [6, 6.07) is 5.26. The van der Waals surface area contributed by atoms with Crippen LogP contribution in [0.3, 0.4) is 0 Å². The Balaban J connectivity index is 2.04. The zero-order chi connectivity index (χ0) is 18.4. The van der Waals surface area contributed by atoms with Crippen LogP contribution in [0.15, 0.2) is 27.4 Å². The SMILES string of the molecule is COc1ccc2c(C)c(CCC(=O)NCCCC(=O)O)c(=O)oc2c1. The van der Waals surface area contributed by atoms with Gasteiger partial charge in [0, 0.05) is 36.4 Å². The molecule has 1 heterocycles. The molecule has 0 saturated carbocycles. The summed E-state index contributed by atoms with van der Waals surface area (Å²) in [5, 5.41) is 12.0. The van der Waals surface area contributed by atoms with Gasteiger partial charge in [-0.1, -0.05) is 0 Å². The third-order valence-electron chi connectivity index (χ3n) is 3.99. The van der Waals surface area contributed by atoms with Gasteiger partial charge in [-0.15, -0.1) is 0 Å². The number of benzene rings is 1. The summed E-state index contributed by atoms with van der Waals surface area (Å²) in [4.78, 5) is 34.4. The number of carboxylic acid groups (broad SMARTS) is 1. The molecule has 2 N–H and O–H groups in total. The molecule has 2 aromatic rings. The molecule has 0 saturated heterocycles. The van der Waals surface area contributed by atoms with Crippen molar-refractivity contribution in [1.29, 1.82) is 0 Å². The number of aliphatic carboxylic acids is 1. The standard InChI is InChI=1S/C18H21NO6/c1-11-13-6-5-12(24-2)10-15(13)25-18(23)14(11)7-8-16(20)19-9-3-4-17(21)22/h5-6,10H,3-4,7-9H2,1-2H3,(H,19,20)(H,21,22). The van der Waals surface area contributed by atoms with Crippen LogP contribution >= 0.6 is 0 Å². The lowest BCUT2D eigenvalue weighted by Crippen LogP contribution is -2.26. The fraction of sp³-hybridized carbons (Fsp3) is 0.389. The van der Waals surface area contributed by atoms with Crippen LogP contribution in [-0.4, -0.2) is 30.6 Å². The van der Waals surface area contributed by atoms with Crippen molar-refractivity contribution < 1.29 is 23.8 Å². The number of amides is 1. The van der Waals surface area contributed by atoms with Gasteiger partial charge in [-0.3, -0.25) is 9.59 Å². The summed E-state index contributed by atoms with van der Waals surface area (Å²) in [7, 11) is 1.54. The molecule has 0 aliphatic rings. The molecule has 7 nitrogen and oxygen atoms in total. The second-order valence-corrected chi connectivity index (χ2v) is 5.70. The average Bonchev–Trinajstić information content (AvgIpc) is 2.57. The first kappa shape index (κ1) is 18.5. The molecule has 2 rings (SSSR count). The average molecular weight is 347 g/mol. The zero-order valence-corrected chi connectivity index (χ0v) is 14.3.